The van der Waals surface area contributed by atoms with Gasteiger partial charge in [-0.25, -0.2) is 14.2 Å². The van der Waals surface area contributed by atoms with Gasteiger partial charge in [-0.05, 0) is 6.07 Å². The molecule has 5 nitrogen and oxygen atoms in total. The average Bonchev–Trinajstić information content (AvgIpc) is 2.41. The van der Waals surface area contributed by atoms with Gasteiger partial charge >= 0.3 is 5.97 Å². The summed E-state index contributed by atoms with van der Waals surface area (Å²) in [5.41, 5.74) is -0.0597. The minimum atomic E-state index is -0.696. The Hall–Kier alpha value is -1.11. The summed E-state index contributed by atoms with van der Waals surface area (Å²) in [4.78, 5) is 17.1. The maximum absolute atomic E-state index is 13.9. The molecule has 0 atom stereocenters. The van der Waals surface area contributed by atoms with Crippen molar-refractivity contribution in [2.75, 3.05) is 38.2 Å². The van der Waals surface area contributed by atoms with Crippen molar-refractivity contribution in [3.05, 3.63) is 22.6 Å². The molecule has 0 aliphatic carbocycles. The zero-order valence-corrected chi connectivity index (χ0v) is 11.9. The van der Waals surface area contributed by atoms with E-state index >= 15 is 0 Å². The topological polar surface area (TPSA) is 54.5 Å². The molecule has 1 N–H and O–H groups in total. The van der Waals surface area contributed by atoms with Crippen LogP contribution in [0.3, 0.4) is 0 Å². The van der Waals surface area contributed by atoms with Crippen LogP contribution >= 0.6 is 24.0 Å². The molecule has 1 saturated heterocycles. The van der Waals surface area contributed by atoms with Gasteiger partial charge in [-0.3, -0.25) is 0 Å². The average molecular weight is 310 g/mol. The van der Waals surface area contributed by atoms with E-state index in [4.69, 9.17) is 11.6 Å². The normalized spacial score (nSPS) is 14.8. The molecule has 2 rings (SSSR count). The second kappa shape index (κ2) is 6.88. The molecular weight excluding hydrogens is 296 g/mol. The number of carbonyl (C=O) groups is 1. The standard InChI is InChI=1S/C11H13ClFN3O2.ClH/c1-18-11(17)7-6-8(13)10(15-9(7)12)16-4-2-14-3-5-16;/h6,14H,2-5H2,1H3;1H. The highest BCUT2D eigenvalue weighted by Gasteiger charge is 2.21. The number of nitrogens with zero attached hydrogens (tertiary/aromatic N) is 2. The van der Waals surface area contributed by atoms with Crippen LogP contribution in [0.1, 0.15) is 10.4 Å². The number of carbonyl (C=O) groups excluding carboxylic acids is 1. The molecule has 0 aromatic carbocycles. The molecule has 1 aromatic rings. The predicted octanol–water partition coefficient (Wildman–Crippen LogP) is 1.49. The van der Waals surface area contributed by atoms with E-state index in [2.05, 4.69) is 15.0 Å². The van der Waals surface area contributed by atoms with E-state index in [-0.39, 0.29) is 28.9 Å². The van der Waals surface area contributed by atoms with Gasteiger partial charge in [0.1, 0.15) is 10.7 Å². The summed E-state index contributed by atoms with van der Waals surface area (Å²) in [5.74, 6) is -1.09. The Morgan fingerprint density at radius 1 is 1.53 bits per heavy atom. The third kappa shape index (κ3) is 3.46. The summed E-state index contributed by atoms with van der Waals surface area (Å²) in [5, 5.41) is 3.11. The van der Waals surface area contributed by atoms with Crippen molar-refractivity contribution in [1.82, 2.24) is 10.3 Å². The SMILES string of the molecule is COC(=O)c1cc(F)c(N2CCNCC2)nc1Cl.Cl. The minimum absolute atomic E-state index is 0. The lowest BCUT2D eigenvalue weighted by Crippen LogP contribution is -2.44. The lowest BCUT2D eigenvalue weighted by molar-refractivity contribution is 0.0600. The number of anilines is 1. The van der Waals surface area contributed by atoms with Crippen molar-refractivity contribution in [3.63, 3.8) is 0 Å². The van der Waals surface area contributed by atoms with Crippen LogP contribution in [0.25, 0.3) is 0 Å². The molecule has 0 spiro atoms. The summed E-state index contributed by atoms with van der Waals surface area (Å²) in [6, 6.07) is 1.07. The van der Waals surface area contributed by atoms with Crippen LogP contribution < -0.4 is 10.2 Å². The van der Waals surface area contributed by atoms with Gasteiger partial charge in [0.2, 0.25) is 0 Å². The number of halogens is 3. The molecule has 19 heavy (non-hydrogen) atoms. The fourth-order valence-electron chi connectivity index (χ4n) is 1.81. The third-order valence-electron chi connectivity index (χ3n) is 2.73. The Labute approximate surface area is 121 Å². The molecule has 0 unspecified atom stereocenters. The zero-order valence-electron chi connectivity index (χ0n) is 10.3. The molecule has 1 aliphatic heterocycles. The van der Waals surface area contributed by atoms with Crippen LogP contribution in [0.5, 0.6) is 0 Å². The quantitative estimate of drug-likeness (QED) is 0.662. The molecule has 2 heterocycles. The van der Waals surface area contributed by atoms with Gasteiger partial charge in [0, 0.05) is 26.2 Å². The van der Waals surface area contributed by atoms with Crippen LogP contribution in [0.2, 0.25) is 5.15 Å². The van der Waals surface area contributed by atoms with E-state index in [1.807, 2.05) is 0 Å². The number of hydrogen-bond acceptors (Lipinski definition) is 5. The number of rotatable bonds is 2. The maximum atomic E-state index is 13.9. The molecule has 0 bridgehead atoms. The smallest absolute Gasteiger partial charge is 0.341 e. The first-order chi connectivity index (χ1) is 8.63. The lowest BCUT2D eigenvalue weighted by Gasteiger charge is -2.28. The summed E-state index contributed by atoms with van der Waals surface area (Å²) in [6.07, 6.45) is 0. The largest absolute Gasteiger partial charge is 0.465 e. The van der Waals surface area contributed by atoms with E-state index in [1.165, 1.54) is 7.11 Å². The van der Waals surface area contributed by atoms with Crippen LogP contribution in [-0.2, 0) is 4.74 Å². The van der Waals surface area contributed by atoms with Gasteiger partial charge in [-0.1, -0.05) is 11.6 Å². The Balaban J connectivity index is 0.00000180. The van der Waals surface area contributed by atoms with Crippen molar-refractivity contribution in [1.29, 1.82) is 0 Å². The first-order valence-electron chi connectivity index (χ1n) is 5.53. The number of esters is 1. The fraction of sp³-hybridized carbons (Fsp3) is 0.455. The Morgan fingerprint density at radius 2 is 2.16 bits per heavy atom. The second-order valence-electron chi connectivity index (χ2n) is 3.86. The molecule has 0 radical (unpaired) electrons. The number of aromatic nitrogens is 1. The van der Waals surface area contributed by atoms with Crippen molar-refractivity contribution < 1.29 is 13.9 Å². The van der Waals surface area contributed by atoms with Crippen molar-refractivity contribution >= 4 is 35.8 Å². The predicted molar refractivity (Wildman–Crippen MR) is 72.9 cm³/mol. The third-order valence-corrected chi connectivity index (χ3v) is 3.02. The first kappa shape index (κ1) is 15.9. The van der Waals surface area contributed by atoms with Gasteiger partial charge in [0.15, 0.2) is 11.6 Å². The van der Waals surface area contributed by atoms with Crippen molar-refractivity contribution in [3.8, 4) is 0 Å². The fourth-order valence-corrected chi connectivity index (χ4v) is 2.02. The number of hydrogen-bond donors (Lipinski definition) is 1. The highest BCUT2D eigenvalue weighted by atomic mass is 35.5. The molecule has 106 valence electrons. The number of nitrogens with one attached hydrogen (secondary N) is 1. The summed E-state index contributed by atoms with van der Waals surface area (Å²) in [7, 11) is 1.21. The number of ether oxygens (including phenoxy) is 1. The van der Waals surface area contributed by atoms with E-state index in [9.17, 15) is 9.18 Å². The van der Waals surface area contributed by atoms with Crippen LogP contribution in [0.15, 0.2) is 6.07 Å². The molecule has 1 aliphatic rings. The van der Waals surface area contributed by atoms with Crippen molar-refractivity contribution in [2.24, 2.45) is 0 Å². The van der Waals surface area contributed by atoms with E-state index < -0.39 is 11.8 Å². The Morgan fingerprint density at radius 3 is 2.74 bits per heavy atom. The number of methoxy groups -OCH3 is 1. The molecular formula is C11H14Cl2FN3O2. The summed E-state index contributed by atoms with van der Waals surface area (Å²) >= 11 is 5.87. The monoisotopic (exact) mass is 309 g/mol. The van der Waals surface area contributed by atoms with Gasteiger partial charge in [0.05, 0.1) is 7.11 Å². The van der Waals surface area contributed by atoms with Gasteiger partial charge < -0.3 is 15.0 Å². The molecule has 1 fully saturated rings. The highest BCUT2D eigenvalue weighted by Crippen LogP contribution is 2.24. The van der Waals surface area contributed by atoms with Crippen LogP contribution in [-0.4, -0.2) is 44.2 Å². The van der Waals surface area contributed by atoms with E-state index in [0.717, 1.165) is 19.2 Å². The van der Waals surface area contributed by atoms with E-state index in [1.54, 1.807) is 4.90 Å². The van der Waals surface area contributed by atoms with Gasteiger partial charge in [-0.2, -0.15) is 0 Å². The van der Waals surface area contributed by atoms with Crippen LogP contribution in [0, 0.1) is 5.82 Å². The Kier molecular flexibility index (Phi) is 5.78. The van der Waals surface area contributed by atoms with Crippen LogP contribution in [0.4, 0.5) is 10.2 Å². The maximum Gasteiger partial charge on any atom is 0.341 e. The molecule has 0 saturated carbocycles. The van der Waals surface area contributed by atoms with E-state index in [0.29, 0.717) is 13.1 Å². The summed E-state index contributed by atoms with van der Waals surface area (Å²) in [6.45, 7) is 2.82. The Bertz CT molecular complexity index is 467. The minimum Gasteiger partial charge on any atom is -0.465 e. The van der Waals surface area contributed by atoms with Gasteiger partial charge in [-0.15, -0.1) is 12.4 Å². The molecule has 0 amide bonds. The number of piperazine rings is 1. The zero-order chi connectivity index (χ0) is 13.1. The lowest BCUT2D eigenvalue weighted by atomic mass is 10.2. The highest BCUT2D eigenvalue weighted by molar-refractivity contribution is 6.32. The van der Waals surface area contributed by atoms with Gasteiger partial charge in [0.25, 0.3) is 0 Å². The summed E-state index contributed by atoms with van der Waals surface area (Å²) < 4.78 is 18.4. The molecule has 1 aromatic heterocycles. The molecule has 8 heteroatoms. The number of pyridine rings is 1. The first-order valence-corrected chi connectivity index (χ1v) is 5.91. The second-order valence-corrected chi connectivity index (χ2v) is 4.22. The van der Waals surface area contributed by atoms with Crippen molar-refractivity contribution in [2.45, 2.75) is 0 Å².